The first kappa shape index (κ1) is 11.2. The van der Waals surface area contributed by atoms with Crippen molar-refractivity contribution in [1.82, 2.24) is 0 Å². The molecule has 0 aliphatic heterocycles. The SMILES string of the molecule is O/N=C(/c1ccc(Cl)cc1)C(F)(F)Cl. The fraction of sp³-hybridized carbons (Fsp3) is 0.125. The second-order valence-corrected chi connectivity index (χ2v) is 3.36. The highest BCUT2D eigenvalue weighted by molar-refractivity contribution is 6.36. The number of hydrogen-bond donors (Lipinski definition) is 1. The van der Waals surface area contributed by atoms with Gasteiger partial charge >= 0.3 is 5.38 Å². The van der Waals surface area contributed by atoms with E-state index in [1.807, 2.05) is 0 Å². The average molecular weight is 240 g/mol. The number of oxime groups is 1. The summed E-state index contributed by atoms with van der Waals surface area (Å²) < 4.78 is 25.2. The van der Waals surface area contributed by atoms with Gasteiger partial charge in [0.15, 0.2) is 5.71 Å². The fourth-order valence-electron chi connectivity index (χ4n) is 0.886. The van der Waals surface area contributed by atoms with E-state index in [4.69, 9.17) is 28.4 Å². The van der Waals surface area contributed by atoms with E-state index in [0.717, 1.165) is 0 Å². The maximum absolute atomic E-state index is 12.6. The molecule has 0 fully saturated rings. The van der Waals surface area contributed by atoms with Gasteiger partial charge < -0.3 is 5.21 Å². The van der Waals surface area contributed by atoms with Gasteiger partial charge in [0, 0.05) is 10.6 Å². The molecule has 0 aliphatic rings. The molecule has 0 bridgehead atoms. The summed E-state index contributed by atoms with van der Waals surface area (Å²) in [6.07, 6.45) is 0. The molecule has 0 saturated heterocycles. The van der Waals surface area contributed by atoms with E-state index in [2.05, 4.69) is 5.16 Å². The number of hydrogen-bond acceptors (Lipinski definition) is 2. The standard InChI is InChI=1S/C8H5Cl2F2NO/c9-6-3-1-5(2-4-6)7(13-14)8(10,11)12/h1-4,14H/b13-7-. The van der Waals surface area contributed by atoms with Gasteiger partial charge in [0.05, 0.1) is 0 Å². The molecule has 2 nitrogen and oxygen atoms in total. The number of alkyl halides is 3. The van der Waals surface area contributed by atoms with Crippen LogP contribution >= 0.6 is 23.2 Å². The summed E-state index contributed by atoms with van der Waals surface area (Å²) in [6.45, 7) is 0. The first-order valence-corrected chi connectivity index (χ1v) is 4.26. The van der Waals surface area contributed by atoms with Gasteiger partial charge in [-0.2, -0.15) is 8.78 Å². The van der Waals surface area contributed by atoms with Gasteiger partial charge in [0.2, 0.25) is 0 Å². The van der Waals surface area contributed by atoms with Crippen molar-refractivity contribution in [1.29, 1.82) is 0 Å². The van der Waals surface area contributed by atoms with Crippen LogP contribution in [-0.2, 0) is 0 Å². The molecule has 0 atom stereocenters. The number of halogens is 4. The Balaban J connectivity index is 3.10. The predicted molar refractivity (Wildman–Crippen MR) is 50.6 cm³/mol. The molecule has 1 N–H and O–H groups in total. The third-order valence-corrected chi connectivity index (χ3v) is 1.92. The molecule has 0 aliphatic carbocycles. The molecule has 0 aromatic heterocycles. The lowest BCUT2D eigenvalue weighted by atomic mass is 10.1. The van der Waals surface area contributed by atoms with Gasteiger partial charge in [-0.1, -0.05) is 28.9 Å². The predicted octanol–water partition coefficient (Wildman–Crippen LogP) is 3.35. The number of nitrogens with zero attached hydrogens (tertiary/aromatic N) is 1. The van der Waals surface area contributed by atoms with Crippen LogP contribution in [0.25, 0.3) is 0 Å². The van der Waals surface area contributed by atoms with E-state index in [0.29, 0.717) is 5.02 Å². The first-order chi connectivity index (χ1) is 6.45. The zero-order valence-electron chi connectivity index (χ0n) is 6.72. The Morgan fingerprint density at radius 2 is 1.79 bits per heavy atom. The molecule has 6 heteroatoms. The van der Waals surface area contributed by atoms with E-state index in [1.54, 1.807) is 0 Å². The molecule has 0 amide bonds. The Morgan fingerprint density at radius 3 is 2.14 bits per heavy atom. The molecular weight excluding hydrogens is 235 g/mol. The van der Waals surface area contributed by atoms with E-state index < -0.39 is 11.1 Å². The van der Waals surface area contributed by atoms with Crippen molar-refractivity contribution in [2.24, 2.45) is 5.16 Å². The van der Waals surface area contributed by atoms with Crippen LogP contribution in [0.5, 0.6) is 0 Å². The van der Waals surface area contributed by atoms with Gasteiger partial charge in [-0.3, -0.25) is 0 Å². The summed E-state index contributed by atoms with van der Waals surface area (Å²) in [4.78, 5) is 0. The zero-order valence-corrected chi connectivity index (χ0v) is 8.23. The van der Waals surface area contributed by atoms with Gasteiger partial charge in [0.1, 0.15) is 0 Å². The van der Waals surface area contributed by atoms with Crippen molar-refractivity contribution in [3.63, 3.8) is 0 Å². The van der Waals surface area contributed by atoms with Crippen LogP contribution in [0.2, 0.25) is 5.02 Å². The first-order valence-electron chi connectivity index (χ1n) is 3.50. The van der Waals surface area contributed by atoms with Crippen LogP contribution in [-0.4, -0.2) is 16.3 Å². The Labute approximate surface area is 88.7 Å². The van der Waals surface area contributed by atoms with Gasteiger partial charge in [-0.15, -0.1) is 0 Å². The molecule has 1 rings (SSSR count). The Hall–Kier alpha value is -0.870. The minimum absolute atomic E-state index is 0.0110. The third-order valence-electron chi connectivity index (χ3n) is 1.49. The van der Waals surface area contributed by atoms with Crippen LogP contribution in [0.1, 0.15) is 5.56 Å². The molecular formula is C8H5Cl2F2NO. The van der Waals surface area contributed by atoms with Crippen LogP contribution in [0.3, 0.4) is 0 Å². The number of benzene rings is 1. The highest BCUT2D eigenvalue weighted by Gasteiger charge is 2.34. The summed E-state index contributed by atoms with van der Waals surface area (Å²) >= 11 is 10.3. The van der Waals surface area contributed by atoms with Crippen LogP contribution in [0.4, 0.5) is 8.78 Å². The van der Waals surface area contributed by atoms with Gasteiger partial charge in [0.25, 0.3) is 0 Å². The molecule has 14 heavy (non-hydrogen) atoms. The van der Waals surface area contributed by atoms with E-state index in [1.165, 1.54) is 24.3 Å². The molecule has 76 valence electrons. The van der Waals surface area contributed by atoms with Crippen molar-refractivity contribution in [2.75, 3.05) is 0 Å². The minimum atomic E-state index is -3.71. The Bertz CT molecular complexity index is 345. The minimum Gasteiger partial charge on any atom is -0.410 e. The van der Waals surface area contributed by atoms with Crippen molar-refractivity contribution < 1.29 is 14.0 Å². The molecule has 0 heterocycles. The molecule has 0 spiro atoms. The van der Waals surface area contributed by atoms with Gasteiger partial charge in [-0.25, -0.2) is 0 Å². The van der Waals surface area contributed by atoms with Crippen LogP contribution in [0, 0.1) is 0 Å². The lowest BCUT2D eigenvalue weighted by molar-refractivity contribution is 0.168. The summed E-state index contributed by atoms with van der Waals surface area (Å²) in [7, 11) is 0. The molecule has 1 aromatic rings. The maximum atomic E-state index is 12.6. The lowest BCUT2D eigenvalue weighted by Crippen LogP contribution is -2.22. The Kier molecular flexibility index (Phi) is 3.29. The lowest BCUT2D eigenvalue weighted by Gasteiger charge is -2.09. The third kappa shape index (κ3) is 2.56. The molecule has 1 aromatic carbocycles. The van der Waals surface area contributed by atoms with E-state index in [9.17, 15) is 8.78 Å². The fourth-order valence-corrected chi connectivity index (χ4v) is 1.16. The summed E-state index contributed by atoms with van der Waals surface area (Å²) in [6, 6.07) is 5.36. The highest BCUT2D eigenvalue weighted by Crippen LogP contribution is 2.25. The summed E-state index contributed by atoms with van der Waals surface area (Å²) in [5.74, 6) is 0. The normalized spacial score (nSPS) is 13.0. The highest BCUT2D eigenvalue weighted by atomic mass is 35.5. The van der Waals surface area contributed by atoms with Gasteiger partial charge in [-0.05, 0) is 23.7 Å². The average Bonchev–Trinajstić information content (AvgIpc) is 2.07. The monoisotopic (exact) mass is 239 g/mol. The van der Waals surface area contributed by atoms with Crippen LogP contribution in [0.15, 0.2) is 29.4 Å². The summed E-state index contributed by atoms with van der Waals surface area (Å²) in [5, 5.41) is 7.51. The molecule has 0 radical (unpaired) electrons. The maximum Gasteiger partial charge on any atom is 0.368 e. The summed E-state index contributed by atoms with van der Waals surface area (Å²) in [5.41, 5.74) is -0.896. The molecule has 0 saturated carbocycles. The van der Waals surface area contributed by atoms with Crippen molar-refractivity contribution >= 4 is 28.9 Å². The van der Waals surface area contributed by atoms with E-state index in [-0.39, 0.29) is 5.56 Å². The van der Waals surface area contributed by atoms with Crippen LogP contribution < -0.4 is 0 Å². The topological polar surface area (TPSA) is 32.6 Å². The zero-order chi connectivity index (χ0) is 10.8. The molecule has 0 unspecified atom stereocenters. The smallest absolute Gasteiger partial charge is 0.368 e. The van der Waals surface area contributed by atoms with Crippen molar-refractivity contribution in [3.05, 3.63) is 34.9 Å². The largest absolute Gasteiger partial charge is 0.410 e. The second kappa shape index (κ2) is 4.11. The van der Waals surface area contributed by atoms with Crippen molar-refractivity contribution in [2.45, 2.75) is 5.38 Å². The number of rotatable bonds is 2. The Morgan fingerprint density at radius 1 is 1.29 bits per heavy atom. The quantitative estimate of drug-likeness (QED) is 0.365. The van der Waals surface area contributed by atoms with E-state index >= 15 is 0 Å². The second-order valence-electron chi connectivity index (χ2n) is 2.45. The van der Waals surface area contributed by atoms with Crippen molar-refractivity contribution in [3.8, 4) is 0 Å².